The summed E-state index contributed by atoms with van der Waals surface area (Å²) in [5, 5.41) is 7.24. The maximum absolute atomic E-state index is 13.4. The van der Waals surface area contributed by atoms with Gasteiger partial charge in [-0.1, -0.05) is 22.8 Å². The first kappa shape index (κ1) is 12.1. The Morgan fingerprint density at radius 1 is 1.35 bits per heavy atom. The van der Waals surface area contributed by atoms with E-state index in [9.17, 15) is 4.39 Å². The molecule has 90 valence electrons. The predicted molar refractivity (Wildman–Crippen MR) is 63.2 cm³/mol. The van der Waals surface area contributed by atoms with Crippen LogP contribution in [0.15, 0.2) is 28.8 Å². The maximum Gasteiger partial charge on any atom is 0.150 e. The minimum Gasteiger partial charge on any atom is -0.360 e. The molecule has 0 saturated carbocycles. The second-order valence-electron chi connectivity index (χ2n) is 3.77. The number of aryl methyl sites for hydroxylation is 1. The van der Waals surface area contributed by atoms with Gasteiger partial charge in [-0.15, -0.1) is 0 Å². The zero-order chi connectivity index (χ0) is 12.3. The van der Waals surface area contributed by atoms with Crippen LogP contribution in [0.1, 0.15) is 17.0 Å². The van der Waals surface area contributed by atoms with Crippen LogP contribution in [0.2, 0.25) is 5.02 Å². The average molecular weight is 255 g/mol. The van der Waals surface area contributed by atoms with Gasteiger partial charge in [-0.05, 0) is 19.1 Å². The van der Waals surface area contributed by atoms with E-state index in [0.29, 0.717) is 23.7 Å². The minimum absolute atomic E-state index is 0.307. The molecule has 0 radical (unpaired) electrons. The highest BCUT2D eigenvalue weighted by Gasteiger charge is 2.04. The quantitative estimate of drug-likeness (QED) is 0.911. The molecule has 0 spiro atoms. The smallest absolute Gasteiger partial charge is 0.150 e. The lowest BCUT2D eigenvalue weighted by Crippen LogP contribution is -2.13. The molecule has 2 rings (SSSR count). The minimum atomic E-state index is -0.307. The number of aromatic nitrogens is 1. The van der Waals surface area contributed by atoms with Gasteiger partial charge in [-0.25, -0.2) is 4.39 Å². The maximum atomic E-state index is 13.4. The first-order chi connectivity index (χ1) is 8.15. The molecule has 0 aliphatic carbocycles. The highest BCUT2D eigenvalue weighted by Crippen LogP contribution is 2.14. The highest BCUT2D eigenvalue weighted by atomic mass is 35.5. The van der Waals surface area contributed by atoms with Crippen LogP contribution in [0.25, 0.3) is 0 Å². The van der Waals surface area contributed by atoms with Crippen molar-refractivity contribution in [2.45, 2.75) is 20.0 Å². The van der Waals surface area contributed by atoms with Gasteiger partial charge in [0, 0.05) is 23.2 Å². The van der Waals surface area contributed by atoms with Gasteiger partial charge in [0.05, 0.1) is 12.2 Å². The standard InChI is InChI=1S/C12H12ClFN2O/c1-8-4-11(17-16-8)7-15-6-9-2-3-10(13)5-12(9)14/h2-5,15H,6-7H2,1H3. The third-order valence-corrected chi connectivity index (χ3v) is 2.54. The molecular formula is C12H12ClFN2O. The monoisotopic (exact) mass is 254 g/mol. The largest absolute Gasteiger partial charge is 0.360 e. The predicted octanol–water partition coefficient (Wildman–Crippen LogP) is 3.07. The summed E-state index contributed by atoms with van der Waals surface area (Å²) in [6, 6.07) is 6.47. The van der Waals surface area contributed by atoms with Gasteiger partial charge in [-0.2, -0.15) is 0 Å². The lowest BCUT2D eigenvalue weighted by Gasteiger charge is -2.04. The number of hydrogen-bond donors (Lipinski definition) is 1. The fourth-order valence-corrected chi connectivity index (χ4v) is 1.64. The van der Waals surface area contributed by atoms with Crippen molar-refractivity contribution in [2.24, 2.45) is 0 Å². The summed E-state index contributed by atoms with van der Waals surface area (Å²) >= 11 is 5.67. The van der Waals surface area contributed by atoms with E-state index in [1.807, 2.05) is 13.0 Å². The Bertz CT molecular complexity index is 513. The molecule has 0 aliphatic rings. The van der Waals surface area contributed by atoms with E-state index in [2.05, 4.69) is 10.5 Å². The second kappa shape index (κ2) is 5.29. The third-order valence-electron chi connectivity index (χ3n) is 2.31. The number of benzene rings is 1. The second-order valence-corrected chi connectivity index (χ2v) is 4.21. The Balaban J connectivity index is 1.90. The van der Waals surface area contributed by atoms with Crippen LogP contribution in [-0.4, -0.2) is 5.16 Å². The molecule has 1 aromatic heterocycles. The van der Waals surface area contributed by atoms with E-state index in [4.69, 9.17) is 16.1 Å². The molecule has 0 atom stereocenters. The molecule has 3 nitrogen and oxygen atoms in total. The van der Waals surface area contributed by atoms with Crippen molar-refractivity contribution in [1.82, 2.24) is 10.5 Å². The zero-order valence-electron chi connectivity index (χ0n) is 9.34. The molecule has 1 aromatic carbocycles. The summed E-state index contributed by atoms with van der Waals surface area (Å²) in [6.07, 6.45) is 0. The molecule has 0 amide bonds. The Morgan fingerprint density at radius 2 is 2.18 bits per heavy atom. The van der Waals surface area contributed by atoms with Gasteiger partial charge in [0.15, 0.2) is 5.76 Å². The molecule has 0 saturated heterocycles. The van der Waals surface area contributed by atoms with Crippen LogP contribution < -0.4 is 5.32 Å². The van der Waals surface area contributed by atoms with E-state index in [1.165, 1.54) is 6.07 Å². The van der Waals surface area contributed by atoms with Crippen molar-refractivity contribution in [1.29, 1.82) is 0 Å². The SMILES string of the molecule is Cc1cc(CNCc2ccc(Cl)cc2F)on1. The lowest BCUT2D eigenvalue weighted by molar-refractivity contribution is 0.369. The van der Waals surface area contributed by atoms with Crippen molar-refractivity contribution >= 4 is 11.6 Å². The Labute approximate surface area is 104 Å². The first-order valence-corrected chi connectivity index (χ1v) is 5.60. The molecule has 0 fully saturated rings. The summed E-state index contributed by atoms with van der Waals surface area (Å²) in [5.74, 6) is 0.427. The van der Waals surface area contributed by atoms with Crippen LogP contribution in [0.3, 0.4) is 0 Å². The fourth-order valence-electron chi connectivity index (χ4n) is 1.49. The molecule has 1 heterocycles. The van der Waals surface area contributed by atoms with Crippen molar-refractivity contribution < 1.29 is 8.91 Å². The normalized spacial score (nSPS) is 10.8. The van der Waals surface area contributed by atoms with Crippen LogP contribution in [0.4, 0.5) is 4.39 Å². The molecule has 17 heavy (non-hydrogen) atoms. The van der Waals surface area contributed by atoms with Crippen LogP contribution in [0.5, 0.6) is 0 Å². The van der Waals surface area contributed by atoms with Crippen molar-refractivity contribution in [3.63, 3.8) is 0 Å². The van der Waals surface area contributed by atoms with Gasteiger partial charge >= 0.3 is 0 Å². The van der Waals surface area contributed by atoms with Gasteiger partial charge in [-0.3, -0.25) is 0 Å². The summed E-state index contributed by atoms with van der Waals surface area (Å²) in [4.78, 5) is 0. The van der Waals surface area contributed by atoms with Gasteiger partial charge in [0.25, 0.3) is 0 Å². The molecule has 0 unspecified atom stereocenters. The topological polar surface area (TPSA) is 38.1 Å². The van der Waals surface area contributed by atoms with E-state index < -0.39 is 0 Å². The summed E-state index contributed by atoms with van der Waals surface area (Å²) in [7, 11) is 0. The Morgan fingerprint density at radius 3 is 2.82 bits per heavy atom. The fraction of sp³-hybridized carbons (Fsp3) is 0.250. The van der Waals surface area contributed by atoms with Crippen LogP contribution >= 0.6 is 11.6 Å². The molecule has 0 aliphatic heterocycles. The summed E-state index contributed by atoms with van der Waals surface area (Å²) in [5.41, 5.74) is 1.41. The average Bonchev–Trinajstić information content (AvgIpc) is 2.68. The third kappa shape index (κ3) is 3.28. The van der Waals surface area contributed by atoms with E-state index in [-0.39, 0.29) is 5.82 Å². The highest BCUT2D eigenvalue weighted by molar-refractivity contribution is 6.30. The Kier molecular flexibility index (Phi) is 3.76. The lowest BCUT2D eigenvalue weighted by atomic mass is 10.2. The number of halogens is 2. The van der Waals surface area contributed by atoms with Crippen LogP contribution in [0, 0.1) is 12.7 Å². The first-order valence-electron chi connectivity index (χ1n) is 5.22. The molecule has 0 bridgehead atoms. The van der Waals surface area contributed by atoms with E-state index in [1.54, 1.807) is 12.1 Å². The molecule has 1 N–H and O–H groups in total. The van der Waals surface area contributed by atoms with Gasteiger partial charge in [0.1, 0.15) is 5.82 Å². The number of rotatable bonds is 4. The van der Waals surface area contributed by atoms with Crippen molar-refractivity contribution in [2.75, 3.05) is 0 Å². The van der Waals surface area contributed by atoms with Crippen LogP contribution in [-0.2, 0) is 13.1 Å². The molecular weight excluding hydrogens is 243 g/mol. The number of nitrogens with zero attached hydrogens (tertiary/aromatic N) is 1. The zero-order valence-corrected chi connectivity index (χ0v) is 10.1. The van der Waals surface area contributed by atoms with Crippen molar-refractivity contribution in [3.05, 3.63) is 52.1 Å². The van der Waals surface area contributed by atoms with E-state index >= 15 is 0 Å². The number of hydrogen-bond acceptors (Lipinski definition) is 3. The van der Waals surface area contributed by atoms with Crippen molar-refractivity contribution in [3.8, 4) is 0 Å². The number of nitrogens with one attached hydrogen (secondary N) is 1. The molecule has 2 aromatic rings. The van der Waals surface area contributed by atoms with Gasteiger partial charge < -0.3 is 9.84 Å². The molecule has 5 heteroatoms. The van der Waals surface area contributed by atoms with Gasteiger partial charge in [0.2, 0.25) is 0 Å². The Hall–Kier alpha value is -1.39. The summed E-state index contributed by atoms with van der Waals surface area (Å²) < 4.78 is 18.4. The summed E-state index contributed by atoms with van der Waals surface area (Å²) in [6.45, 7) is 2.79. The van der Waals surface area contributed by atoms with E-state index in [0.717, 1.165) is 11.5 Å².